The average molecular weight is 430 g/mol. The number of rotatable bonds is 11. The van der Waals surface area contributed by atoms with Crippen LogP contribution in [0.5, 0.6) is 11.5 Å². The van der Waals surface area contributed by atoms with Gasteiger partial charge in [-0.05, 0) is 91.6 Å². The van der Waals surface area contributed by atoms with Crippen LogP contribution in [0.4, 0.5) is 5.69 Å². The molecule has 0 saturated heterocycles. The summed E-state index contributed by atoms with van der Waals surface area (Å²) in [5, 5.41) is 0. The molecule has 0 aliphatic rings. The van der Waals surface area contributed by atoms with E-state index in [4.69, 9.17) is 9.47 Å². The molecule has 0 aliphatic carbocycles. The number of nitrogens with zero attached hydrogens (tertiary/aromatic N) is 1. The van der Waals surface area contributed by atoms with E-state index in [1.165, 1.54) is 31.2 Å². The normalized spacial score (nSPS) is 10.9. The minimum atomic E-state index is -0.349. The zero-order valence-electron chi connectivity index (χ0n) is 18.9. The number of aryl methyl sites for hydroxylation is 1. The van der Waals surface area contributed by atoms with Crippen LogP contribution in [0.15, 0.2) is 77.8 Å². The Morgan fingerprint density at radius 1 is 0.812 bits per heavy atom. The molecule has 0 radical (unpaired) electrons. The van der Waals surface area contributed by atoms with Gasteiger partial charge >= 0.3 is 5.97 Å². The van der Waals surface area contributed by atoms with Crippen LogP contribution in [0.25, 0.3) is 0 Å². The summed E-state index contributed by atoms with van der Waals surface area (Å²) in [5.41, 5.74) is 3.58. The Morgan fingerprint density at radius 2 is 1.50 bits per heavy atom. The molecule has 0 N–H and O–H groups in total. The second-order valence-corrected chi connectivity index (χ2v) is 7.65. The van der Waals surface area contributed by atoms with E-state index < -0.39 is 0 Å². The molecular weight excluding hydrogens is 398 g/mol. The third kappa shape index (κ3) is 7.38. The number of carbonyl (C=O) groups excluding carboxylic acids is 1. The highest BCUT2D eigenvalue weighted by atomic mass is 16.5. The summed E-state index contributed by atoms with van der Waals surface area (Å²) < 4.78 is 10.9. The van der Waals surface area contributed by atoms with Gasteiger partial charge in [0.05, 0.1) is 17.9 Å². The third-order valence-electron chi connectivity index (χ3n) is 5.11. The van der Waals surface area contributed by atoms with Gasteiger partial charge in [-0.2, -0.15) is 0 Å². The maximum atomic E-state index is 12.4. The molecule has 0 atom stereocenters. The first-order valence-electron chi connectivity index (χ1n) is 11.4. The minimum Gasteiger partial charge on any atom is -0.494 e. The SMILES string of the molecule is CCCCCCc1ccc(C(=O)Oc2ccc(C=Nc3ccc(OCC)cc3)cc2)cc1. The monoisotopic (exact) mass is 429 g/mol. The van der Waals surface area contributed by atoms with E-state index in [1.54, 1.807) is 18.3 Å². The van der Waals surface area contributed by atoms with E-state index in [0.717, 1.165) is 23.4 Å². The summed E-state index contributed by atoms with van der Waals surface area (Å²) in [4.78, 5) is 16.9. The maximum absolute atomic E-state index is 12.4. The molecule has 4 heteroatoms. The highest BCUT2D eigenvalue weighted by Crippen LogP contribution is 2.19. The lowest BCUT2D eigenvalue weighted by atomic mass is 10.0. The van der Waals surface area contributed by atoms with Gasteiger partial charge < -0.3 is 9.47 Å². The van der Waals surface area contributed by atoms with Crippen LogP contribution < -0.4 is 9.47 Å². The van der Waals surface area contributed by atoms with E-state index in [0.29, 0.717) is 17.9 Å². The fraction of sp³-hybridized carbons (Fsp3) is 0.286. The van der Waals surface area contributed by atoms with Gasteiger partial charge in [0.25, 0.3) is 0 Å². The van der Waals surface area contributed by atoms with Crippen LogP contribution in [-0.2, 0) is 6.42 Å². The molecule has 3 aromatic carbocycles. The molecule has 4 nitrogen and oxygen atoms in total. The van der Waals surface area contributed by atoms with Gasteiger partial charge in [-0.25, -0.2) is 4.79 Å². The van der Waals surface area contributed by atoms with Gasteiger partial charge in [-0.15, -0.1) is 0 Å². The van der Waals surface area contributed by atoms with Crippen LogP contribution in [0.2, 0.25) is 0 Å². The average Bonchev–Trinajstić information content (AvgIpc) is 2.83. The Morgan fingerprint density at radius 3 is 2.16 bits per heavy atom. The second kappa shape index (κ2) is 12.5. The van der Waals surface area contributed by atoms with Crippen LogP contribution in [0, 0.1) is 0 Å². The van der Waals surface area contributed by atoms with Crippen molar-refractivity contribution in [3.05, 3.63) is 89.5 Å². The molecule has 0 aliphatic heterocycles. The lowest BCUT2D eigenvalue weighted by Gasteiger charge is -2.06. The van der Waals surface area contributed by atoms with Crippen molar-refractivity contribution in [2.24, 2.45) is 4.99 Å². The van der Waals surface area contributed by atoms with E-state index in [-0.39, 0.29) is 5.97 Å². The summed E-state index contributed by atoms with van der Waals surface area (Å²) in [6.45, 7) is 4.81. The van der Waals surface area contributed by atoms with Gasteiger partial charge in [0.1, 0.15) is 11.5 Å². The van der Waals surface area contributed by atoms with E-state index in [9.17, 15) is 4.79 Å². The highest BCUT2D eigenvalue weighted by molar-refractivity contribution is 5.91. The Hall–Kier alpha value is -3.40. The van der Waals surface area contributed by atoms with Crippen LogP contribution in [0.1, 0.15) is 61.0 Å². The molecule has 32 heavy (non-hydrogen) atoms. The van der Waals surface area contributed by atoms with Gasteiger partial charge in [-0.3, -0.25) is 4.99 Å². The Kier molecular flexibility index (Phi) is 9.05. The van der Waals surface area contributed by atoms with Crippen molar-refractivity contribution in [2.45, 2.75) is 46.0 Å². The molecule has 0 aromatic heterocycles. The lowest BCUT2D eigenvalue weighted by Crippen LogP contribution is -2.08. The predicted octanol–water partition coefficient (Wildman–Crippen LogP) is 7.18. The van der Waals surface area contributed by atoms with Gasteiger partial charge in [-0.1, -0.05) is 38.3 Å². The van der Waals surface area contributed by atoms with Crippen LogP contribution in [-0.4, -0.2) is 18.8 Å². The van der Waals surface area contributed by atoms with Crippen LogP contribution >= 0.6 is 0 Å². The Labute approximate surface area is 190 Å². The van der Waals surface area contributed by atoms with E-state index >= 15 is 0 Å². The molecule has 0 heterocycles. The number of carbonyl (C=O) groups is 1. The minimum absolute atomic E-state index is 0.349. The molecular formula is C28H31NO3. The first-order valence-corrected chi connectivity index (χ1v) is 11.4. The van der Waals surface area contributed by atoms with E-state index in [2.05, 4.69) is 11.9 Å². The number of hydrogen-bond acceptors (Lipinski definition) is 4. The first kappa shape index (κ1) is 23.3. The summed E-state index contributed by atoms with van der Waals surface area (Å²) >= 11 is 0. The largest absolute Gasteiger partial charge is 0.494 e. The van der Waals surface area contributed by atoms with Crippen molar-refractivity contribution in [1.82, 2.24) is 0 Å². The summed E-state index contributed by atoms with van der Waals surface area (Å²) in [6.07, 6.45) is 7.78. The molecule has 0 spiro atoms. The standard InChI is InChI=1S/C28H31NO3/c1-3-5-6-7-8-22-9-13-24(14-10-22)28(30)32-27-17-11-23(12-18-27)21-29-25-15-19-26(20-16-25)31-4-2/h9-21H,3-8H2,1-2H3. The molecule has 0 saturated carbocycles. The fourth-order valence-corrected chi connectivity index (χ4v) is 3.30. The number of ether oxygens (including phenoxy) is 2. The number of esters is 1. The number of hydrogen-bond donors (Lipinski definition) is 0. The predicted molar refractivity (Wildman–Crippen MR) is 131 cm³/mol. The van der Waals surface area contributed by atoms with Crippen molar-refractivity contribution in [1.29, 1.82) is 0 Å². The van der Waals surface area contributed by atoms with Crippen molar-refractivity contribution in [3.63, 3.8) is 0 Å². The number of aliphatic imine (C=N–C) groups is 1. The molecule has 3 rings (SSSR count). The van der Waals surface area contributed by atoms with Crippen LogP contribution in [0.3, 0.4) is 0 Å². The van der Waals surface area contributed by atoms with E-state index in [1.807, 2.05) is 67.6 Å². The summed E-state index contributed by atoms with van der Waals surface area (Å²) in [5.74, 6) is 0.995. The summed E-state index contributed by atoms with van der Waals surface area (Å²) in [6, 6.07) is 22.6. The Bertz CT molecular complexity index is 990. The smallest absolute Gasteiger partial charge is 0.343 e. The zero-order chi connectivity index (χ0) is 22.6. The zero-order valence-corrected chi connectivity index (χ0v) is 18.9. The maximum Gasteiger partial charge on any atom is 0.343 e. The van der Waals surface area contributed by atoms with Crippen molar-refractivity contribution < 1.29 is 14.3 Å². The molecule has 3 aromatic rings. The number of unbranched alkanes of at least 4 members (excludes halogenated alkanes) is 3. The highest BCUT2D eigenvalue weighted by Gasteiger charge is 2.08. The van der Waals surface area contributed by atoms with Crippen molar-refractivity contribution in [2.75, 3.05) is 6.61 Å². The second-order valence-electron chi connectivity index (χ2n) is 7.65. The van der Waals surface area contributed by atoms with Crippen molar-refractivity contribution in [3.8, 4) is 11.5 Å². The molecule has 0 amide bonds. The quantitative estimate of drug-likeness (QED) is 0.140. The molecule has 0 unspecified atom stereocenters. The van der Waals surface area contributed by atoms with Gasteiger partial charge in [0.2, 0.25) is 0 Å². The number of benzene rings is 3. The first-order chi connectivity index (χ1) is 15.7. The Balaban J connectivity index is 1.51. The summed E-state index contributed by atoms with van der Waals surface area (Å²) in [7, 11) is 0. The molecule has 0 fully saturated rings. The lowest BCUT2D eigenvalue weighted by molar-refractivity contribution is 0.0734. The fourth-order valence-electron chi connectivity index (χ4n) is 3.30. The molecule has 0 bridgehead atoms. The van der Waals surface area contributed by atoms with Gasteiger partial charge in [0.15, 0.2) is 0 Å². The molecule has 166 valence electrons. The topological polar surface area (TPSA) is 47.9 Å². The van der Waals surface area contributed by atoms with Gasteiger partial charge in [0, 0.05) is 6.21 Å². The van der Waals surface area contributed by atoms with Crippen molar-refractivity contribution >= 4 is 17.9 Å². The third-order valence-corrected chi connectivity index (χ3v) is 5.11.